The third-order valence-corrected chi connectivity index (χ3v) is 15.2. The first kappa shape index (κ1) is 75.8. The molecule has 79 heavy (non-hydrogen) atoms. The van der Waals surface area contributed by atoms with Gasteiger partial charge in [-0.3, -0.25) is 14.4 Å². The van der Waals surface area contributed by atoms with Gasteiger partial charge in [0.25, 0.3) is 0 Å². The first-order valence-electron chi connectivity index (χ1n) is 34.4. The van der Waals surface area contributed by atoms with Crippen LogP contribution in [-0.2, 0) is 28.6 Å². The van der Waals surface area contributed by atoms with Gasteiger partial charge < -0.3 is 14.2 Å². The van der Waals surface area contributed by atoms with E-state index in [-0.39, 0.29) is 31.1 Å². The second-order valence-electron chi connectivity index (χ2n) is 23.1. The van der Waals surface area contributed by atoms with Crippen LogP contribution in [0.1, 0.15) is 355 Å². The Kier molecular flexibility index (Phi) is 64.7. The monoisotopic (exact) mass is 1100 g/mol. The normalized spacial score (nSPS) is 12.5. The van der Waals surface area contributed by atoms with E-state index in [0.29, 0.717) is 19.3 Å². The molecular formula is C73H130O6. The molecule has 0 spiro atoms. The van der Waals surface area contributed by atoms with Crippen molar-refractivity contribution in [3.8, 4) is 0 Å². The number of esters is 3. The summed E-state index contributed by atoms with van der Waals surface area (Å²) < 4.78 is 16.8. The van der Waals surface area contributed by atoms with Gasteiger partial charge in [0.1, 0.15) is 13.2 Å². The fourth-order valence-corrected chi connectivity index (χ4v) is 10.1. The van der Waals surface area contributed by atoms with Gasteiger partial charge in [0.2, 0.25) is 0 Å². The minimum absolute atomic E-state index is 0.0782. The minimum atomic E-state index is -0.780. The van der Waals surface area contributed by atoms with Crippen LogP contribution in [0.25, 0.3) is 0 Å². The fraction of sp³-hybridized carbons (Fsp3) is 0.795. The SMILES string of the molecule is CC/C=C\C/C=C\C/C=C\C/C=C\C/C=C\C/C=C\CCCCCCCCC(=O)OC(COC(=O)CCCCCCCC)COC(=O)CCCCCCCCCCCCCCCCCCCCCCCCCCCCCCCC. The molecule has 458 valence electrons. The molecular weight excluding hydrogens is 973 g/mol. The smallest absolute Gasteiger partial charge is 0.306 e. The van der Waals surface area contributed by atoms with E-state index < -0.39 is 6.10 Å². The van der Waals surface area contributed by atoms with E-state index in [1.807, 2.05) is 0 Å². The maximum absolute atomic E-state index is 12.9. The van der Waals surface area contributed by atoms with E-state index in [1.165, 1.54) is 205 Å². The van der Waals surface area contributed by atoms with E-state index in [4.69, 9.17) is 14.2 Å². The Morgan fingerprint density at radius 2 is 0.494 bits per heavy atom. The first-order valence-corrected chi connectivity index (χ1v) is 34.4. The summed E-state index contributed by atoms with van der Waals surface area (Å²) in [4.78, 5) is 38.1. The van der Waals surface area contributed by atoms with Crippen LogP contribution in [-0.4, -0.2) is 37.2 Å². The van der Waals surface area contributed by atoms with Gasteiger partial charge in [0, 0.05) is 19.3 Å². The Hall–Kier alpha value is -3.15. The van der Waals surface area contributed by atoms with Gasteiger partial charge in [-0.15, -0.1) is 0 Å². The van der Waals surface area contributed by atoms with Crippen LogP contribution in [0, 0.1) is 0 Å². The van der Waals surface area contributed by atoms with E-state index in [9.17, 15) is 14.4 Å². The van der Waals surface area contributed by atoms with Crippen LogP contribution < -0.4 is 0 Å². The predicted molar refractivity (Wildman–Crippen MR) is 344 cm³/mol. The molecule has 0 aliphatic rings. The van der Waals surface area contributed by atoms with Gasteiger partial charge in [-0.1, -0.05) is 338 Å². The molecule has 1 unspecified atom stereocenters. The third kappa shape index (κ3) is 65.5. The molecule has 0 fully saturated rings. The first-order chi connectivity index (χ1) is 39.0. The molecule has 0 heterocycles. The molecule has 0 N–H and O–H groups in total. The van der Waals surface area contributed by atoms with Crippen LogP contribution >= 0.6 is 0 Å². The van der Waals surface area contributed by atoms with Crippen LogP contribution in [0.2, 0.25) is 0 Å². The van der Waals surface area contributed by atoms with Crippen molar-refractivity contribution in [3.05, 3.63) is 72.9 Å². The Labute approximate surface area is 491 Å². The molecule has 6 nitrogen and oxygen atoms in total. The summed E-state index contributed by atoms with van der Waals surface area (Å²) in [6.45, 7) is 6.50. The summed E-state index contributed by atoms with van der Waals surface area (Å²) in [6, 6.07) is 0. The van der Waals surface area contributed by atoms with Crippen LogP contribution in [0.15, 0.2) is 72.9 Å². The van der Waals surface area contributed by atoms with E-state index in [2.05, 4.69) is 93.7 Å². The van der Waals surface area contributed by atoms with Gasteiger partial charge in [0.05, 0.1) is 0 Å². The van der Waals surface area contributed by atoms with E-state index in [0.717, 1.165) is 109 Å². The van der Waals surface area contributed by atoms with Crippen molar-refractivity contribution in [3.63, 3.8) is 0 Å². The van der Waals surface area contributed by atoms with Gasteiger partial charge in [0.15, 0.2) is 6.10 Å². The maximum atomic E-state index is 12.9. The van der Waals surface area contributed by atoms with Gasteiger partial charge in [-0.25, -0.2) is 0 Å². The Bertz CT molecular complexity index is 1450. The van der Waals surface area contributed by atoms with Crippen molar-refractivity contribution in [1.82, 2.24) is 0 Å². The molecule has 0 radical (unpaired) electrons. The van der Waals surface area contributed by atoms with Crippen LogP contribution in [0.3, 0.4) is 0 Å². The molecule has 1 atom stereocenters. The summed E-state index contributed by atoms with van der Waals surface area (Å²) in [5.74, 6) is -0.887. The molecule has 0 amide bonds. The average Bonchev–Trinajstić information content (AvgIpc) is 3.45. The molecule has 6 heteroatoms. The molecule has 0 aromatic carbocycles. The maximum Gasteiger partial charge on any atom is 0.306 e. The molecule has 0 aliphatic heterocycles. The standard InChI is InChI=1S/C73H130O6/c1-4-7-10-13-16-18-20-22-24-26-28-30-32-34-35-36-37-38-40-41-43-45-47-49-51-53-55-57-60-63-66-72(75)78-69-70(68-77-71(74)65-62-59-15-12-9-6-3)79-73(76)67-64-61-58-56-54-52-50-48-46-44-42-39-33-31-29-27-25-23-21-19-17-14-11-8-5-2/h8,11,17,19,23,25,29,31,39,42,46,48,70H,4-7,9-10,12-16,18,20-22,24,26-28,30,32-38,40-41,43-45,47,49-69H2,1-3H3/b11-8-,19-17-,25-23-,31-29-,42-39-,48-46-. The summed E-state index contributed by atoms with van der Waals surface area (Å²) in [6.07, 6.45) is 88.3. The molecule has 0 rings (SSSR count). The lowest BCUT2D eigenvalue weighted by molar-refractivity contribution is -0.167. The van der Waals surface area contributed by atoms with Crippen molar-refractivity contribution in [2.75, 3.05) is 13.2 Å². The molecule has 0 saturated carbocycles. The molecule has 0 saturated heterocycles. The highest BCUT2D eigenvalue weighted by molar-refractivity contribution is 5.71. The highest BCUT2D eigenvalue weighted by Gasteiger charge is 2.19. The molecule has 0 aromatic heterocycles. The highest BCUT2D eigenvalue weighted by Crippen LogP contribution is 2.18. The second-order valence-corrected chi connectivity index (χ2v) is 23.1. The minimum Gasteiger partial charge on any atom is -0.462 e. The van der Waals surface area contributed by atoms with Crippen LogP contribution in [0.4, 0.5) is 0 Å². The van der Waals surface area contributed by atoms with Gasteiger partial charge >= 0.3 is 17.9 Å². The lowest BCUT2D eigenvalue weighted by Crippen LogP contribution is -2.30. The zero-order chi connectivity index (χ0) is 57.1. The Morgan fingerprint density at radius 3 is 0.772 bits per heavy atom. The predicted octanol–water partition coefficient (Wildman–Crippen LogP) is 23.7. The quantitative estimate of drug-likeness (QED) is 0.0261. The highest BCUT2D eigenvalue weighted by atomic mass is 16.6. The number of unbranched alkanes of at least 4 members (excludes halogenated alkanes) is 40. The number of carbonyl (C=O) groups is 3. The zero-order valence-corrected chi connectivity index (χ0v) is 52.6. The average molecular weight is 1100 g/mol. The van der Waals surface area contributed by atoms with Crippen molar-refractivity contribution < 1.29 is 28.6 Å². The number of ether oxygens (including phenoxy) is 3. The van der Waals surface area contributed by atoms with E-state index >= 15 is 0 Å². The largest absolute Gasteiger partial charge is 0.462 e. The topological polar surface area (TPSA) is 78.9 Å². The van der Waals surface area contributed by atoms with Crippen LogP contribution in [0.5, 0.6) is 0 Å². The summed E-state index contributed by atoms with van der Waals surface area (Å²) in [5.41, 5.74) is 0. The number of carbonyl (C=O) groups excluding carboxylic acids is 3. The lowest BCUT2D eigenvalue weighted by atomic mass is 10.0. The summed E-state index contributed by atoms with van der Waals surface area (Å²) in [5, 5.41) is 0. The van der Waals surface area contributed by atoms with Gasteiger partial charge in [-0.05, 0) is 70.6 Å². The van der Waals surface area contributed by atoms with Crippen molar-refractivity contribution in [2.24, 2.45) is 0 Å². The Balaban J connectivity index is 4.03. The lowest BCUT2D eigenvalue weighted by Gasteiger charge is -2.18. The number of hydrogen-bond acceptors (Lipinski definition) is 6. The van der Waals surface area contributed by atoms with Crippen molar-refractivity contribution in [2.45, 2.75) is 361 Å². The molecule has 0 aromatic rings. The van der Waals surface area contributed by atoms with E-state index in [1.54, 1.807) is 0 Å². The number of rotatable bonds is 63. The summed E-state index contributed by atoms with van der Waals surface area (Å²) in [7, 11) is 0. The number of allylic oxidation sites excluding steroid dienone is 12. The second kappa shape index (κ2) is 67.4. The molecule has 0 aliphatic carbocycles. The summed E-state index contributed by atoms with van der Waals surface area (Å²) >= 11 is 0. The van der Waals surface area contributed by atoms with Crippen molar-refractivity contribution >= 4 is 17.9 Å². The van der Waals surface area contributed by atoms with Gasteiger partial charge in [-0.2, -0.15) is 0 Å². The number of hydrogen-bond donors (Lipinski definition) is 0. The third-order valence-electron chi connectivity index (χ3n) is 15.2. The van der Waals surface area contributed by atoms with Crippen molar-refractivity contribution in [1.29, 1.82) is 0 Å². The Morgan fingerprint density at radius 1 is 0.266 bits per heavy atom. The fourth-order valence-electron chi connectivity index (χ4n) is 10.1. The zero-order valence-electron chi connectivity index (χ0n) is 52.6. The molecule has 0 bridgehead atoms.